The summed E-state index contributed by atoms with van der Waals surface area (Å²) in [5, 5.41) is 0. The van der Waals surface area contributed by atoms with Gasteiger partial charge in [0, 0.05) is 11.6 Å². The highest BCUT2D eigenvalue weighted by molar-refractivity contribution is 5.41. The maximum absolute atomic E-state index is 6.43. The predicted octanol–water partition coefficient (Wildman–Crippen LogP) is 3.86. The van der Waals surface area contributed by atoms with Crippen LogP contribution in [0.3, 0.4) is 0 Å². The first-order valence-electron chi connectivity index (χ1n) is 6.98. The van der Waals surface area contributed by atoms with Crippen LogP contribution < -0.4 is 10.5 Å². The number of methoxy groups -OCH3 is 1. The van der Waals surface area contributed by atoms with Gasteiger partial charge in [0.15, 0.2) is 0 Å². The highest BCUT2D eigenvalue weighted by atomic mass is 16.5. The van der Waals surface area contributed by atoms with E-state index in [4.69, 9.17) is 10.5 Å². The molecule has 0 bridgehead atoms. The number of rotatable bonds is 4. The van der Waals surface area contributed by atoms with Gasteiger partial charge in [-0.15, -0.1) is 0 Å². The molecule has 0 spiro atoms. The Morgan fingerprint density at radius 2 is 1.70 bits per heavy atom. The molecule has 0 aliphatic carbocycles. The van der Waals surface area contributed by atoms with Crippen LogP contribution in [0, 0.1) is 20.8 Å². The zero-order chi connectivity index (χ0) is 14.7. The second-order valence-electron chi connectivity index (χ2n) is 5.43. The van der Waals surface area contributed by atoms with Gasteiger partial charge in [0.05, 0.1) is 7.11 Å². The minimum absolute atomic E-state index is 0.0513. The first-order valence-corrected chi connectivity index (χ1v) is 6.98. The van der Waals surface area contributed by atoms with Crippen molar-refractivity contribution in [1.82, 2.24) is 0 Å². The minimum Gasteiger partial charge on any atom is -0.496 e. The number of hydrogen-bond donors (Lipinski definition) is 1. The van der Waals surface area contributed by atoms with Crippen molar-refractivity contribution in [3.05, 3.63) is 64.2 Å². The second kappa shape index (κ2) is 6.10. The average Bonchev–Trinajstić information content (AvgIpc) is 2.43. The zero-order valence-corrected chi connectivity index (χ0v) is 12.7. The van der Waals surface area contributed by atoms with Crippen molar-refractivity contribution in [2.24, 2.45) is 5.73 Å². The topological polar surface area (TPSA) is 35.2 Å². The van der Waals surface area contributed by atoms with Gasteiger partial charge in [-0.25, -0.2) is 0 Å². The van der Waals surface area contributed by atoms with E-state index in [0.29, 0.717) is 0 Å². The first kappa shape index (κ1) is 14.6. The lowest BCUT2D eigenvalue weighted by atomic mass is 9.92. The van der Waals surface area contributed by atoms with E-state index in [1.165, 1.54) is 22.3 Å². The third kappa shape index (κ3) is 3.02. The Bertz CT molecular complexity index is 584. The molecule has 106 valence electrons. The molecule has 0 saturated heterocycles. The quantitative estimate of drug-likeness (QED) is 0.914. The molecule has 2 rings (SSSR count). The van der Waals surface area contributed by atoms with Crippen LogP contribution in [-0.4, -0.2) is 7.11 Å². The summed E-state index contributed by atoms with van der Waals surface area (Å²) in [5.41, 5.74) is 12.6. The van der Waals surface area contributed by atoms with Crippen LogP contribution in [0.1, 0.15) is 33.9 Å². The average molecular weight is 269 g/mol. The smallest absolute Gasteiger partial charge is 0.123 e. The standard InChI is InChI=1S/C18H23NO/c1-12-8-9-18(20-4)16(10-12)17(19)11-15-13(2)6-5-7-14(15)3/h5-10,17H,11,19H2,1-4H3. The third-order valence-electron chi connectivity index (χ3n) is 3.85. The summed E-state index contributed by atoms with van der Waals surface area (Å²) in [4.78, 5) is 0. The third-order valence-corrected chi connectivity index (χ3v) is 3.85. The monoisotopic (exact) mass is 269 g/mol. The lowest BCUT2D eigenvalue weighted by molar-refractivity contribution is 0.405. The lowest BCUT2D eigenvalue weighted by Gasteiger charge is -2.19. The van der Waals surface area contributed by atoms with Crippen LogP contribution in [0.25, 0.3) is 0 Å². The Kier molecular flexibility index (Phi) is 4.46. The van der Waals surface area contributed by atoms with E-state index in [9.17, 15) is 0 Å². The Morgan fingerprint density at radius 3 is 2.30 bits per heavy atom. The fourth-order valence-corrected chi connectivity index (χ4v) is 2.64. The maximum Gasteiger partial charge on any atom is 0.123 e. The summed E-state index contributed by atoms with van der Waals surface area (Å²) >= 11 is 0. The molecule has 0 saturated carbocycles. The number of ether oxygens (including phenoxy) is 1. The highest BCUT2D eigenvalue weighted by Crippen LogP contribution is 2.28. The van der Waals surface area contributed by atoms with Crippen molar-refractivity contribution < 1.29 is 4.74 Å². The Balaban J connectivity index is 2.33. The molecular weight excluding hydrogens is 246 g/mol. The minimum atomic E-state index is -0.0513. The fourth-order valence-electron chi connectivity index (χ4n) is 2.64. The summed E-state index contributed by atoms with van der Waals surface area (Å²) in [6.45, 7) is 6.36. The molecule has 1 atom stereocenters. The molecule has 0 aliphatic rings. The van der Waals surface area contributed by atoms with Crippen molar-refractivity contribution >= 4 is 0 Å². The summed E-state index contributed by atoms with van der Waals surface area (Å²) < 4.78 is 5.44. The van der Waals surface area contributed by atoms with Gasteiger partial charge in [-0.05, 0) is 49.9 Å². The first-order chi connectivity index (χ1) is 9.52. The van der Waals surface area contributed by atoms with Crippen molar-refractivity contribution in [2.75, 3.05) is 7.11 Å². The molecule has 2 N–H and O–H groups in total. The van der Waals surface area contributed by atoms with Crippen molar-refractivity contribution in [2.45, 2.75) is 33.2 Å². The molecule has 20 heavy (non-hydrogen) atoms. The molecule has 0 amide bonds. The summed E-state index contributed by atoms with van der Waals surface area (Å²) in [7, 11) is 1.69. The van der Waals surface area contributed by atoms with E-state index in [0.717, 1.165) is 17.7 Å². The zero-order valence-electron chi connectivity index (χ0n) is 12.7. The van der Waals surface area contributed by atoms with Crippen LogP contribution in [0.15, 0.2) is 36.4 Å². The predicted molar refractivity (Wildman–Crippen MR) is 84.3 cm³/mol. The molecule has 0 radical (unpaired) electrons. The van der Waals surface area contributed by atoms with Gasteiger partial charge in [-0.3, -0.25) is 0 Å². The largest absolute Gasteiger partial charge is 0.496 e. The van der Waals surface area contributed by atoms with E-state index < -0.39 is 0 Å². The normalized spacial score (nSPS) is 12.2. The van der Waals surface area contributed by atoms with Gasteiger partial charge >= 0.3 is 0 Å². The van der Waals surface area contributed by atoms with Crippen LogP contribution in [0.4, 0.5) is 0 Å². The van der Waals surface area contributed by atoms with Gasteiger partial charge in [-0.1, -0.05) is 35.9 Å². The number of hydrogen-bond acceptors (Lipinski definition) is 2. The Hall–Kier alpha value is -1.80. The number of benzene rings is 2. The molecule has 0 heterocycles. The van der Waals surface area contributed by atoms with Crippen LogP contribution in [0.5, 0.6) is 5.75 Å². The Labute approximate surface area is 121 Å². The van der Waals surface area contributed by atoms with Crippen molar-refractivity contribution in [3.63, 3.8) is 0 Å². The highest BCUT2D eigenvalue weighted by Gasteiger charge is 2.15. The molecular formula is C18H23NO. The van der Waals surface area contributed by atoms with Crippen LogP contribution in [0.2, 0.25) is 0 Å². The number of nitrogens with two attached hydrogens (primary N) is 1. The summed E-state index contributed by atoms with van der Waals surface area (Å²) in [6, 6.07) is 12.5. The van der Waals surface area contributed by atoms with Gasteiger partial charge < -0.3 is 10.5 Å². The summed E-state index contributed by atoms with van der Waals surface area (Å²) in [5.74, 6) is 0.870. The molecule has 2 aromatic rings. The van der Waals surface area contributed by atoms with E-state index >= 15 is 0 Å². The van der Waals surface area contributed by atoms with Gasteiger partial charge in [-0.2, -0.15) is 0 Å². The molecule has 0 fully saturated rings. The molecule has 2 nitrogen and oxygen atoms in total. The van der Waals surface area contributed by atoms with E-state index in [1.54, 1.807) is 7.11 Å². The van der Waals surface area contributed by atoms with Crippen molar-refractivity contribution in [3.8, 4) is 5.75 Å². The molecule has 2 aromatic carbocycles. The summed E-state index contributed by atoms with van der Waals surface area (Å²) in [6.07, 6.45) is 0.832. The lowest BCUT2D eigenvalue weighted by Crippen LogP contribution is -2.16. The second-order valence-corrected chi connectivity index (χ2v) is 5.43. The molecule has 1 unspecified atom stereocenters. The molecule has 0 aliphatic heterocycles. The fraction of sp³-hybridized carbons (Fsp3) is 0.333. The van der Waals surface area contributed by atoms with Crippen LogP contribution >= 0.6 is 0 Å². The van der Waals surface area contributed by atoms with Gasteiger partial charge in [0.25, 0.3) is 0 Å². The van der Waals surface area contributed by atoms with Crippen molar-refractivity contribution in [1.29, 1.82) is 0 Å². The van der Waals surface area contributed by atoms with Crippen LogP contribution in [-0.2, 0) is 6.42 Å². The van der Waals surface area contributed by atoms with E-state index in [2.05, 4.69) is 45.0 Å². The molecule has 0 aromatic heterocycles. The molecule has 2 heteroatoms. The SMILES string of the molecule is COc1ccc(C)cc1C(N)Cc1c(C)cccc1C. The van der Waals surface area contributed by atoms with Gasteiger partial charge in [0.1, 0.15) is 5.75 Å². The number of aryl methyl sites for hydroxylation is 3. The van der Waals surface area contributed by atoms with Gasteiger partial charge in [0.2, 0.25) is 0 Å². The maximum atomic E-state index is 6.43. The Morgan fingerprint density at radius 1 is 1.05 bits per heavy atom. The van der Waals surface area contributed by atoms with E-state index in [1.807, 2.05) is 12.1 Å². The van der Waals surface area contributed by atoms with E-state index in [-0.39, 0.29) is 6.04 Å².